The Hall–Kier alpha value is -1.41. The molecule has 0 fully saturated rings. The van der Waals surface area contributed by atoms with E-state index in [1.54, 1.807) is 0 Å². The lowest BCUT2D eigenvalue weighted by atomic mass is 9.91. The Morgan fingerprint density at radius 1 is 1.29 bits per heavy atom. The summed E-state index contributed by atoms with van der Waals surface area (Å²) >= 11 is 14.8. The third kappa shape index (κ3) is 3.26. The Morgan fingerprint density at radius 2 is 2.00 bits per heavy atom. The van der Waals surface area contributed by atoms with Gasteiger partial charge in [0.25, 0.3) is 0 Å². The highest BCUT2D eigenvalue weighted by Crippen LogP contribution is 2.31. The Kier molecular flexibility index (Phi) is 5.00. The van der Waals surface area contributed by atoms with Crippen molar-refractivity contribution in [2.75, 3.05) is 0 Å². The van der Waals surface area contributed by atoms with Crippen LogP contribution in [-0.4, -0.2) is 5.78 Å². The first kappa shape index (κ1) is 16.0. The molecule has 21 heavy (non-hydrogen) atoms. The van der Waals surface area contributed by atoms with Gasteiger partial charge in [0.05, 0.1) is 16.1 Å². The van der Waals surface area contributed by atoms with Crippen LogP contribution in [-0.2, 0) is 0 Å². The van der Waals surface area contributed by atoms with Crippen LogP contribution in [0.25, 0.3) is 0 Å². The van der Waals surface area contributed by atoms with Gasteiger partial charge in [-0.2, -0.15) is 5.26 Å². The van der Waals surface area contributed by atoms with Crippen LogP contribution in [0.4, 0.5) is 4.39 Å². The molecule has 106 valence electrons. The molecule has 0 amide bonds. The molecule has 2 aromatic rings. The summed E-state index contributed by atoms with van der Waals surface area (Å²) in [6.07, 6.45) is 0. The number of Topliss-reactive ketones (excluding diaryl/α,β-unsaturated/α-hetero) is 1. The van der Waals surface area contributed by atoms with E-state index < -0.39 is 17.5 Å². The summed E-state index contributed by atoms with van der Waals surface area (Å²) in [5, 5.41) is 9.85. The fourth-order valence-electron chi connectivity index (χ4n) is 1.85. The van der Waals surface area contributed by atoms with Crippen molar-refractivity contribution in [3.8, 4) is 6.07 Å². The first-order chi connectivity index (χ1) is 9.95. The number of ketones is 1. The minimum Gasteiger partial charge on any atom is -0.292 e. The van der Waals surface area contributed by atoms with Crippen LogP contribution in [0.15, 0.2) is 40.9 Å². The Bertz CT molecular complexity index is 758. The van der Waals surface area contributed by atoms with Crippen LogP contribution >= 0.6 is 39.1 Å². The van der Waals surface area contributed by atoms with Crippen molar-refractivity contribution in [1.29, 1.82) is 5.26 Å². The molecule has 1 atom stereocenters. The zero-order valence-corrected chi connectivity index (χ0v) is 13.5. The van der Waals surface area contributed by atoms with Gasteiger partial charge < -0.3 is 0 Å². The summed E-state index contributed by atoms with van der Waals surface area (Å²) in [7, 11) is 0. The minimum atomic E-state index is -1.20. The highest BCUT2D eigenvalue weighted by atomic mass is 79.9. The first-order valence-corrected chi connectivity index (χ1v) is 7.33. The van der Waals surface area contributed by atoms with E-state index >= 15 is 0 Å². The number of halogens is 4. The summed E-state index contributed by atoms with van der Waals surface area (Å²) in [6, 6.07) is 10.7. The maximum atomic E-state index is 14.0. The normalized spacial score (nSPS) is 11.8. The predicted molar refractivity (Wildman–Crippen MR) is 83.2 cm³/mol. The first-order valence-electron chi connectivity index (χ1n) is 5.78. The fourth-order valence-corrected chi connectivity index (χ4v) is 2.74. The van der Waals surface area contributed by atoms with Crippen LogP contribution in [0.3, 0.4) is 0 Å². The number of hydrogen-bond donors (Lipinski definition) is 0. The molecule has 0 aliphatic carbocycles. The second-order valence-corrected chi connectivity index (χ2v) is 5.89. The number of nitriles is 1. The molecule has 0 radical (unpaired) electrons. The number of nitrogens with zero attached hydrogens (tertiary/aromatic N) is 1. The number of carbonyl (C=O) groups is 1. The second kappa shape index (κ2) is 6.57. The van der Waals surface area contributed by atoms with Gasteiger partial charge in [0.1, 0.15) is 11.7 Å². The van der Waals surface area contributed by atoms with Gasteiger partial charge in [-0.3, -0.25) is 4.79 Å². The van der Waals surface area contributed by atoms with Gasteiger partial charge in [-0.15, -0.1) is 0 Å². The molecule has 0 heterocycles. The lowest BCUT2D eigenvalue weighted by molar-refractivity contribution is 0.0975. The van der Waals surface area contributed by atoms with Gasteiger partial charge in [0, 0.05) is 10.0 Å². The molecule has 0 saturated heterocycles. The van der Waals surface area contributed by atoms with Crippen LogP contribution in [0.1, 0.15) is 21.8 Å². The fraction of sp³-hybridized carbons (Fsp3) is 0.0667. The minimum absolute atomic E-state index is 0.159. The van der Waals surface area contributed by atoms with E-state index in [4.69, 9.17) is 23.2 Å². The molecular formula is C15H7BrCl2FNO. The topological polar surface area (TPSA) is 40.9 Å². The molecule has 6 heteroatoms. The lowest BCUT2D eigenvalue weighted by Crippen LogP contribution is -2.13. The molecule has 0 aliphatic rings. The molecule has 2 nitrogen and oxygen atoms in total. The van der Waals surface area contributed by atoms with Crippen LogP contribution in [0, 0.1) is 17.1 Å². The van der Waals surface area contributed by atoms with Crippen LogP contribution in [0.2, 0.25) is 10.0 Å². The molecule has 2 aromatic carbocycles. The smallest absolute Gasteiger partial charge is 0.187 e. The average molecular weight is 387 g/mol. The largest absolute Gasteiger partial charge is 0.292 e. The van der Waals surface area contributed by atoms with Crippen molar-refractivity contribution >= 4 is 44.9 Å². The maximum absolute atomic E-state index is 14.0. The quantitative estimate of drug-likeness (QED) is 0.664. The molecule has 2 rings (SSSR count). The monoisotopic (exact) mass is 385 g/mol. The zero-order chi connectivity index (χ0) is 15.6. The van der Waals surface area contributed by atoms with E-state index in [0.717, 1.165) is 0 Å². The van der Waals surface area contributed by atoms with Crippen molar-refractivity contribution in [2.45, 2.75) is 5.92 Å². The number of carbonyl (C=O) groups excluding carboxylic acids is 1. The molecule has 1 unspecified atom stereocenters. The second-order valence-electron chi connectivity index (χ2n) is 4.19. The standard InChI is InChI=1S/C15H7BrCl2FNO/c16-12-3-1-2-10(14(12)19)15(21)11(7-20)9-5-4-8(17)6-13(9)18/h1-6,11H. The number of benzene rings is 2. The van der Waals surface area contributed by atoms with E-state index in [1.807, 2.05) is 6.07 Å². The highest BCUT2D eigenvalue weighted by molar-refractivity contribution is 9.10. The molecule has 0 aromatic heterocycles. The van der Waals surface area contributed by atoms with Gasteiger partial charge in [0.15, 0.2) is 5.78 Å². The van der Waals surface area contributed by atoms with Gasteiger partial charge in [-0.05, 0) is 45.8 Å². The third-order valence-electron chi connectivity index (χ3n) is 2.88. The lowest BCUT2D eigenvalue weighted by Gasteiger charge is -2.12. The van der Waals surface area contributed by atoms with Crippen LogP contribution < -0.4 is 0 Å². The zero-order valence-electron chi connectivity index (χ0n) is 10.4. The average Bonchev–Trinajstić information content (AvgIpc) is 2.44. The molecule has 0 spiro atoms. The molecule has 0 N–H and O–H groups in total. The van der Waals surface area contributed by atoms with Crippen molar-refractivity contribution < 1.29 is 9.18 Å². The molecule has 0 aliphatic heterocycles. The van der Waals surface area contributed by atoms with E-state index in [-0.39, 0.29) is 15.1 Å². The van der Waals surface area contributed by atoms with Crippen LogP contribution in [0.5, 0.6) is 0 Å². The summed E-state index contributed by atoms with van der Waals surface area (Å²) < 4.78 is 14.2. The third-order valence-corrected chi connectivity index (χ3v) is 4.06. The number of hydrogen-bond acceptors (Lipinski definition) is 2. The molecular weight excluding hydrogens is 380 g/mol. The van der Waals surface area contributed by atoms with Crippen molar-refractivity contribution in [3.05, 3.63) is 67.9 Å². The predicted octanol–water partition coefficient (Wildman–Crippen LogP) is 5.39. The highest BCUT2D eigenvalue weighted by Gasteiger charge is 2.26. The van der Waals surface area contributed by atoms with E-state index in [1.165, 1.54) is 36.4 Å². The van der Waals surface area contributed by atoms with Gasteiger partial charge in [-0.1, -0.05) is 35.3 Å². The van der Waals surface area contributed by atoms with Crippen molar-refractivity contribution in [1.82, 2.24) is 0 Å². The van der Waals surface area contributed by atoms with E-state index in [2.05, 4.69) is 15.9 Å². The van der Waals surface area contributed by atoms with Crippen molar-refractivity contribution in [2.24, 2.45) is 0 Å². The van der Waals surface area contributed by atoms with E-state index in [0.29, 0.717) is 10.6 Å². The van der Waals surface area contributed by atoms with E-state index in [9.17, 15) is 14.4 Å². The Balaban J connectivity index is 2.49. The van der Waals surface area contributed by atoms with Crippen molar-refractivity contribution in [3.63, 3.8) is 0 Å². The Labute approximate surface area is 139 Å². The summed E-state index contributed by atoms with van der Waals surface area (Å²) in [5.74, 6) is -2.55. The summed E-state index contributed by atoms with van der Waals surface area (Å²) in [6.45, 7) is 0. The maximum Gasteiger partial charge on any atom is 0.187 e. The molecule has 0 bridgehead atoms. The van der Waals surface area contributed by atoms with Gasteiger partial charge in [-0.25, -0.2) is 4.39 Å². The Morgan fingerprint density at radius 3 is 2.62 bits per heavy atom. The molecule has 0 saturated carbocycles. The summed E-state index contributed by atoms with van der Waals surface area (Å²) in [4.78, 5) is 12.4. The van der Waals surface area contributed by atoms with Gasteiger partial charge in [0.2, 0.25) is 0 Å². The number of rotatable bonds is 3. The van der Waals surface area contributed by atoms with Gasteiger partial charge >= 0.3 is 0 Å². The SMILES string of the molecule is N#CC(C(=O)c1cccc(Br)c1F)c1ccc(Cl)cc1Cl. The summed E-state index contributed by atoms with van der Waals surface area (Å²) in [5.41, 5.74) is 0.134.